The van der Waals surface area contributed by atoms with Crippen LogP contribution < -0.4 is 5.32 Å². The second-order valence-corrected chi connectivity index (χ2v) is 4.92. The van der Waals surface area contributed by atoms with E-state index < -0.39 is 0 Å². The Hall–Kier alpha value is -2.01. The van der Waals surface area contributed by atoms with Gasteiger partial charge in [0.25, 0.3) is 0 Å². The van der Waals surface area contributed by atoms with E-state index in [0.29, 0.717) is 6.54 Å². The van der Waals surface area contributed by atoms with Crippen molar-refractivity contribution in [3.05, 3.63) is 59.0 Å². The van der Waals surface area contributed by atoms with Gasteiger partial charge in [-0.25, -0.2) is 4.98 Å². The van der Waals surface area contributed by atoms with Crippen molar-refractivity contribution >= 4 is 32.5 Å². The van der Waals surface area contributed by atoms with Gasteiger partial charge in [0, 0.05) is 27.6 Å². The Morgan fingerprint density at radius 3 is 2.79 bits per heavy atom. The standard InChI is InChI=1S/C14H11BrN4/c15-13-5-1-4-12-11(13)6-8-16-14(12)17-9-10-3-2-7-18-19-10/h1-8H,9H2,(H,16,17). The predicted molar refractivity (Wildman–Crippen MR) is 78.8 cm³/mol. The smallest absolute Gasteiger partial charge is 0.134 e. The van der Waals surface area contributed by atoms with Crippen LogP contribution in [0.25, 0.3) is 10.8 Å². The summed E-state index contributed by atoms with van der Waals surface area (Å²) in [6.45, 7) is 0.604. The Labute approximate surface area is 119 Å². The van der Waals surface area contributed by atoms with Gasteiger partial charge in [0.1, 0.15) is 5.82 Å². The van der Waals surface area contributed by atoms with Crippen LogP contribution in [0.3, 0.4) is 0 Å². The van der Waals surface area contributed by atoms with Gasteiger partial charge >= 0.3 is 0 Å². The quantitative estimate of drug-likeness (QED) is 0.805. The van der Waals surface area contributed by atoms with Crippen LogP contribution in [-0.2, 0) is 6.54 Å². The molecule has 94 valence electrons. The average Bonchev–Trinajstić information content (AvgIpc) is 2.47. The maximum Gasteiger partial charge on any atom is 0.134 e. The molecule has 0 amide bonds. The second-order valence-electron chi connectivity index (χ2n) is 4.06. The molecule has 0 radical (unpaired) electrons. The molecule has 2 heterocycles. The van der Waals surface area contributed by atoms with Gasteiger partial charge in [0.05, 0.1) is 12.2 Å². The van der Waals surface area contributed by atoms with Crippen LogP contribution >= 0.6 is 15.9 Å². The molecule has 3 aromatic rings. The number of nitrogens with one attached hydrogen (secondary N) is 1. The zero-order valence-electron chi connectivity index (χ0n) is 10.0. The van der Waals surface area contributed by atoms with Gasteiger partial charge in [-0.1, -0.05) is 28.1 Å². The molecule has 3 rings (SSSR count). The monoisotopic (exact) mass is 314 g/mol. The molecular formula is C14H11BrN4. The summed E-state index contributed by atoms with van der Waals surface area (Å²) in [5.41, 5.74) is 0.885. The Morgan fingerprint density at radius 1 is 1.00 bits per heavy atom. The predicted octanol–water partition coefficient (Wildman–Crippen LogP) is 3.40. The molecule has 1 N–H and O–H groups in total. The number of nitrogens with zero attached hydrogens (tertiary/aromatic N) is 3. The molecule has 0 aliphatic carbocycles. The van der Waals surface area contributed by atoms with Crippen LogP contribution in [0.15, 0.2) is 53.3 Å². The van der Waals surface area contributed by atoms with E-state index in [1.54, 1.807) is 12.4 Å². The van der Waals surface area contributed by atoms with Gasteiger partial charge in [-0.2, -0.15) is 10.2 Å². The lowest BCUT2D eigenvalue weighted by atomic mass is 10.1. The molecule has 0 unspecified atom stereocenters. The summed E-state index contributed by atoms with van der Waals surface area (Å²) in [5, 5.41) is 13.4. The summed E-state index contributed by atoms with van der Waals surface area (Å²) in [6, 6.07) is 11.9. The van der Waals surface area contributed by atoms with Crippen molar-refractivity contribution < 1.29 is 0 Å². The molecular weight excluding hydrogens is 304 g/mol. The van der Waals surface area contributed by atoms with Crippen LogP contribution in [-0.4, -0.2) is 15.2 Å². The van der Waals surface area contributed by atoms with Crippen LogP contribution in [0.1, 0.15) is 5.69 Å². The highest BCUT2D eigenvalue weighted by Crippen LogP contribution is 2.27. The molecule has 5 heteroatoms. The molecule has 0 bridgehead atoms. The third kappa shape index (κ3) is 2.56. The molecule has 0 spiro atoms. The number of hydrogen-bond acceptors (Lipinski definition) is 4. The summed E-state index contributed by atoms with van der Waals surface area (Å²) in [4.78, 5) is 4.38. The van der Waals surface area contributed by atoms with Crippen molar-refractivity contribution in [1.82, 2.24) is 15.2 Å². The van der Waals surface area contributed by atoms with E-state index >= 15 is 0 Å². The molecule has 1 aromatic carbocycles. The van der Waals surface area contributed by atoms with E-state index in [1.165, 1.54) is 0 Å². The number of benzene rings is 1. The number of pyridine rings is 1. The normalized spacial score (nSPS) is 10.6. The van der Waals surface area contributed by atoms with E-state index in [-0.39, 0.29) is 0 Å². The second kappa shape index (κ2) is 5.32. The fourth-order valence-corrected chi connectivity index (χ4v) is 2.41. The van der Waals surface area contributed by atoms with Gasteiger partial charge in [-0.3, -0.25) is 0 Å². The molecule has 0 fully saturated rings. The maximum atomic E-state index is 4.38. The number of anilines is 1. The fourth-order valence-electron chi connectivity index (χ4n) is 1.91. The fraction of sp³-hybridized carbons (Fsp3) is 0.0714. The summed E-state index contributed by atoms with van der Waals surface area (Å²) < 4.78 is 1.06. The molecule has 0 saturated heterocycles. The number of rotatable bonds is 3. The first kappa shape index (κ1) is 12.0. The molecule has 2 aromatic heterocycles. The lowest BCUT2D eigenvalue weighted by molar-refractivity contribution is 0.922. The van der Waals surface area contributed by atoms with Crippen LogP contribution in [0.4, 0.5) is 5.82 Å². The first-order chi connectivity index (χ1) is 9.34. The highest BCUT2D eigenvalue weighted by atomic mass is 79.9. The number of halogens is 1. The van der Waals surface area contributed by atoms with Crippen molar-refractivity contribution in [3.63, 3.8) is 0 Å². The zero-order chi connectivity index (χ0) is 13.1. The maximum absolute atomic E-state index is 4.38. The third-order valence-electron chi connectivity index (χ3n) is 2.82. The molecule has 0 saturated carbocycles. The number of hydrogen-bond donors (Lipinski definition) is 1. The molecule has 0 aliphatic rings. The summed E-state index contributed by atoms with van der Waals surface area (Å²) in [7, 11) is 0. The van der Waals surface area contributed by atoms with Gasteiger partial charge in [0.15, 0.2) is 0 Å². The van der Waals surface area contributed by atoms with Gasteiger partial charge in [-0.15, -0.1) is 0 Å². The van der Waals surface area contributed by atoms with Crippen LogP contribution in [0.2, 0.25) is 0 Å². The van der Waals surface area contributed by atoms with Crippen molar-refractivity contribution in [2.45, 2.75) is 6.54 Å². The Bertz CT molecular complexity index is 700. The summed E-state index contributed by atoms with van der Waals surface area (Å²) in [6.07, 6.45) is 3.46. The van der Waals surface area contributed by atoms with E-state index in [0.717, 1.165) is 26.8 Å². The minimum Gasteiger partial charge on any atom is -0.364 e. The average molecular weight is 315 g/mol. The minimum absolute atomic E-state index is 0.604. The molecule has 0 atom stereocenters. The van der Waals surface area contributed by atoms with Crippen molar-refractivity contribution in [2.24, 2.45) is 0 Å². The van der Waals surface area contributed by atoms with Crippen molar-refractivity contribution in [3.8, 4) is 0 Å². The number of fused-ring (bicyclic) bond motifs is 1. The van der Waals surface area contributed by atoms with Gasteiger partial charge < -0.3 is 5.32 Å². The van der Waals surface area contributed by atoms with E-state index in [2.05, 4.69) is 36.4 Å². The van der Waals surface area contributed by atoms with Crippen LogP contribution in [0, 0.1) is 0 Å². The lowest BCUT2D eigenvalue weighted by Gasteiger charge is -2.08. The van der Waals surface area contributed by atoms with Crippen molar-refractivity contribution in [2.75, 3.05) is 5.32 Å². The van der Waals surface area contributed by atoms with Crippen molar-refractivity contribution in [1.29, 1.82) is 0 Å². The highest BCUT2D eigenvalue weighted by molar-refractivity contribution is 9.10. The van der Waals surface area contributed by atoms with E-state index in [9.17, 15) is 0 Å². The molecule has 0 aliphatic heterocycles. The van der Waals surface area contributed by atoms with E-state index in [1.807, 2.05) is 36.4 Å². The first-order valence-corrected chi connectivity index (χ1v) is 6.67. The van der Waals surface area contributed by atoms with Gasteiger partial charge in [0.2, 0.25) is 0 Å². The van der Waals surface area contributed by atoms with Gasteiger partial charge in [-0.05, 0) is 24.3 Å². The minimum atomic E-state index is 0.604. The highest BCUT2D eigenvalue weighted by Gasteiger charge is 2.04. The molecule has 19 heavy (non-hydrogen) atoms. The Balaban J connectivity index is 1.91. The Morgan fingerprint density at radius 2 is 1.95 bits per heavy atom. The number of aromatic nitrogens is 3. The SMILES string of the molecule is Brc1cccc2c(NCc3cccnn3)nccc12. The topological polar surface area (TPSA) is 50.7 Å². The largest absolute Gasteiger partial charge is 0.364 e. The van der Waals surface area contributed by atoms with E-state index in [4.69, 9.17) is 0 Å². The van der Waals surface area contributed by atoms with Crippen LogP contribution in [0.5, 0.6) is 0 Å². The third-order valence-corrected chi connectivity index (χ3v) is 3.51. The first-order valence-electron chi connectivity index (χ1n) is 5.88. The summed E-state index contributed by atoms with van der Waals surface area (Å²) >= 11 is 3.55. The summed E-state index contributed by atoms with van der Waals surface area (Å²) in [5.74, 6) is 0.851. The molecule has 4 nitrogen and oxygen atoms in total. The zero-order valence-corrected chi connectivity index (χ0v) is 11.6. The Kier molecular flexibility index (Phi) is 3.37. The lowest BCUT2D eigenvalue weighted by Crippen LogP contribution is -2.04.